The Morgan fingerprint density at radius 2 is 2.16 bits per heavy atom. The Labute approximate surface area is 110 Å². The van der Waals surface area contributed by atoms with E-state index >= 15 is 0 Å². The summed E-state index contributed by atoms with van der Waals surface area (Å²) >= 11 is 0. The number of esters is 1. The monoisotopic (exact) mass is 268 g/mol. The van der Waals surface area contributed by atoms with Crippen molar-refractivity contribution in [1.29, 1.82) is 0 Å². The van der Waals surface area contributed by atoms with Gasteiger partial charge < -0.3 is 14.8 Å². The van der Waals surface area contributed by atoms with Gasteiger partial charge in [0, 0.05) is 19.7 Å². The number of nitrogens with one attached hydrogen (secondary N) is 1. The molecule has 0 aliphatic carbocycles. The summed E-state index contributed by atoms with van der Waals surface area (Å²) in [5.74, 6) is -0.392. The van der Waals surface area contributed by atoms with E-state index < -0.39 is 10.9 Å². The van der Waals surface area contributed by atoms with Crippen LogP contribution in [-0.2, 0) is 20.7 Å². The molecule has 0 spiro atoms. The zero-order valence-electron chi connectivity index (χ0n) is 10.8. The highest BCUT2D eigenvalue weighted by atomic mass is 16.6. The maximum absolute atomic E-state index is 11.2. The van der Waals surface area contributed by atoms with E-state index in [0.29, 0.717) is 24.4 Å². The van der Waals surface area contributed by atoms with E-state index in [2.05, 4.69) is 10.1 Å². The van der Waals surface area contributed by atoms with E-state index in [1.54, 1.807) is 13.2 Å². The number of rotatable bonds is 7. The largest absolute Gasteiger partial charge is 0.469 e. The van der Waals surface area contributed by atoms with Crippen molar-refractivity contribution in [2.75, 3.05) is 32.7 Å². The number of anilines is 1. The number of benzene rings is 1. The van der Waals surface area contributed by atoms with Gasteiger partial charge >= 0.3 is 5.97 Å². The zero-order chi connectivity index (χ0) is 14.3. The second-order valence-electron chi connectivity index (χ2n) is 3.78. The molecule has 104 valence electrons. The lowest BCUT2D eigenvalue weighted by Gasteiger charge is -2.08. The maximum atomic E-state index is 11.2. The summed E-state index contributed by atoms with van der Waals surface area (Å²) in [5, 5.41) is 13.8. The van der Waals surface area contributed by atoms with Crippen molar-refractivity contribution < 1.29 is 19.2 Å². The average Bonchev–Trinajstić information content (AvgIpc) is 2.38. The lowest BCUT2D eigenvalue weighted by Crippen LogP contribution is -2.10. The van der Waals surface area contributed by atoms with Crippen molar-refractivity contribution >= 4 is 17.3 Å². The van der Waals surface area contributed by atoms with Crippen LogP contribution in [0.15, 0.2) is 18.2 Å². The molecule has 1 aromatic rings. The molecule has 0 fully saturated rings. The van der Waals surface area contributed by atoms with Crippen molar-refractivity contribution in [1.82, 2.24) is 0 Å². The van der Waals surface area contributed by atoms with Gasteiger partial charge in [-0.15, -0.1) is 0 Å². The molecule has 7 nitrogen and oxygen atoms in total. The molecule has 0 atom stereocenters. The Kier molecular flexibility index (Phi) is 5.74. The van der Waals surface area contributed by atoms with Crippen molar-refractivity contribution in [2.45, 2.75) is 6.42 Å². The molecule has 0 bridgehead atoms. The van der Waals surface area contributed by atoms with Gasteiger partial charge in [-0.3, -0.25) is 14.9 Å². The fourth-order valence-corrected chi connectivity index (χ4v) is 1.52. The van der Waals surface area contributed by atoms with E-state index in [4.69, 9.17) is 4.74 Å². The number of nitro benzene ring substituents is 1. The fourth-order valence-electron chi connectivity index (χ4n) is 1.52. The van der Waals surface area contributed by atoms with E-state index in [1.165, 1.54) is 19.2 Å². The number of nitrogens with zero attached hydrogens (tertiary/aromatic N) is 1. The van der Waals surface area contributed by atoms with Crippen LogP contribution in [0.1, 0.15) is 5.56 Å². The third kappa shape index (κ3) is 4.55. The number of methoxy groups -OCH3 is 2. The molecule has 0 amide bonds. The zero-order valence-corrected chi connectivity index (χ0v) is 10.8. The van der Waals surface area contributed by atoms with Crippen LogP contribution in [0, 0.1) is 10.1 Å². The van der Waals surface area contributed by atoms with E-state index in [9.17, 15) is 14.9 Å². The van der Waals surface area contributed by atoms with E-state index in [1.807, 2.05) is 0 Å². The first-order valence-electron chi connectivity index (χ1n) is 5.65. The average molecular weight is 268 g/mol. The standard InChI is InChI=1S/C12H16N2O5/c1-18-6-5-13-10-7-9(8-12(15)19-2)3-4-11(10)14(16)17/h3-4,7,13H,5-6,8H2,1-2H3. The number of hydrogen-bond donors (Lipinski definition) is 1. The van der Waals surface area contributed by atoms with Crippen LogP contribution in [0.2, 0.25) is 0 Å². The second-order valence-corrected chi connectivity index (χ2v) is 3.78. The summed E-state index contributed by atoms with van der Waals surface area (Å²) in [6, 6.07) is 4.48. The molecule has 0 aliphatic rings. The fraction of sp³-hybridized carbons (Fsp3) is 0.417. The van der Waals surface area contributed by atoms with Crippen LogP contribution in [-0.4, -0.2) is 38.3 Å². The highest BCUT2D eigenvalue weighted by molar-refractivity contribution is 5.74. The summed E-state index contributed by atoms with van der Waals surface area (Å²) in [6.45, 7) is 0.872. The highest BCUT2D eigenvalue weighted by Crippen LogP contribution is 2.25. The Balaban J connectivity index is 2.90. The number of ether oxygens (including phenoxy) is 2. The van der Waals surface area contributed by atoms with Gasteiger partial charge in [0.1, 0.15) is 5.69 Å². The summed E-state index contributed by atoms with van der Waals surface area (Å²) < 4.78 is 9.43. The molecule has 1 aromatic carbocycles. The second kappa shape index (κ2) is 7.32. The lowest BCUT2D eigenvalue weighted by molar-refractivity contribution is -0.384. The Hall–Kier alpha value is -2.15. The van der Waals surface area contributed by atoms with Gasteiger partial charge in [-0.2, -0.15) is 0 Å². The van der Waals surface area contributed by atoms with Gasteiger partial charge in [0.2, 0.25) is 0 Å². The molecule has 19 heavy (non-hydrogen) atoms. The Morgan fingerprint density at radius 1 is 1.42 bits per heavy atom. The molecule has 0 saturated carbocycles. The summed E-state index contributed by atoms with van der Waals surface area (Å²) in [4.78, 5) is 21.6. The maximum Gasteiger partial charge on any atom is 0.309 e. The molecule has 1 N–H and O–H groups in total. The first-order valence-corrected chi connectivity index (χ1v) is 5.65. The number of nitro groups is 1. The summed E-state index contributed by atoms with van der Waals surface area (Å²) in [6.07, 6.45) is 0.0768. The SMILES string of the molecule is COCCNc1cc(CC(=O)OC)ccc1[N+](=O)[O-]. The highest BCUT2D eigenvalue weighted by Gasteiger charge is 2.15. The predicted molar refractivity (Wildman–Crippen MR) is 69.2 cm³/mol. The molecule has 0 heterocycles. The van der Waals surface area contributed by atoms with Crippen LogP contribution in [0.5, 0.6) is 0 Å². The number of carbonyl (C=O) groups is 1. The topological polar surface area (TPSA) is 90.7 Å². The summed E-state index contributed by atoms with van der Waals surface area (Å²) in [7, 11) is 2.84. The van der Waals surface area contributed by atoms with E-state index in [-0.39, 0.29) is 12.1 Å². The molecular formula is C12H16N2O5. The molecule has 0 aromatic heterocycles. The molecule has 1 rings (SSSR count). The normalized spacial score (nSPS) is 10.0. The minimum atomic E-state index is -0.475. The van der Waals surface area contributed by atoms with Gasteiger partial charge in [0.05, 0.1) is 25.1 Å². The smallest absolute Gasteiger partial charge is 0.309 e. The van der Waals surface area contributed by atoms with Crippen LogP contribution in [0.4, 0.5) is 11.4 Å². The first-order chi connectivity index (χ1) is 9.08. The van der Waals surface area contributed by atoms with Crippen LogP contribution in [0.25, 0.3) is 0 Å². The molecular weight excluding hydrogens is 252 g/mol. The van der Waals surface area contributed by atoms with Gasteiger partial charge in [-0.25, -0.2) is 0 Å². The summed E-state index contributed by atoms with van der Waals surface area (Å²) in [5.41, 5.74) is 0.977. The van der Waals surface area contributed by atoms with Crippen molar-refractivity contribution in [3.63, 3.8) is 0 Å². The minimum absolute atomic E-state index is 0.0373. The third-order valence-electron chi connectivity index (χ3n) is 2.46. The van der Waals surface area contributed by atoms with Gasteiger partial charge in [-0.1, -0.05) is 6.07 Å². The van der Waals surface area contributed by atoms with Gasteiger partial charge in [-0.05, 0) is 11.6 Å². The Morgan fingerprint density at radius 3 is 2.74 bits per heavy atom. The molecule has 0 unspecified atom stereocenters. The van der Waals surface area contributed by atoms with Crippen molar-refractivity contribution in [3.05, 3.63) is 33.9 Å². The van der Waals surface area contributed by atoms with E-state index in [0.717, 1.165) is 0 Å². The Bertz CT molecular complexity index is 461. The van der Waals surface area contributed by atoms with Crippen molar-refractivity contribution in [3.8, 4) is 0 Å². The molecule has 0 aliphatic heterocycles. The first kappa shape index (κ1) is 14.9. The van der Waals surface area contributed by atoms with Crippen LogP contribution >= 0.6 is 0 Å². The third-order valence-corrected chi connectivity index (χ3v) is 2.46. The molecule has 0 radical (unpaired) electrons. The number of hydrogen-bond acceptors (Lipinski definition) is 6. The van der Waals surface area contributed by atoms with Gasteiger partial charge in [0.25, 0.3) is 5.69 Å². The minimum Gasteiger partial charge on any atom is -0.469 e. The lowest BCUT2D eigenvalue weighted by atomic mass is 10.1. The predicted octanol–water partition coefficient (Wildman–Crippen LogP) is 1.37. The van der Waals surface area contributed by atoms with Crippen molar-refractivity contribution in [2.24, 2.45) is 0 Å². The van der Waals surface area contributed by atoms with Crippen LogP contribution in [0.3, 0.4) is 0 Å². The molecule has 0 saturated heterocycles. The van der Waals surface area contributed by atoms with Gasteiger partial charge in [0.15, 0.2) is 0 Å². The quantitative estimate of drug-likeness (QED) is 0.347. The molecule has 7 heteroatoms. The number of carbonyl (C=O) groups excluding carboxylic acids is 1. The van der Waals surface area contributed by atoms with Crippen LogP contribution < -0.4 is 5.32 Å².